The molecule has 4 nitrogen and oxygen atoms in total. The van der Waals surface area contributed by atoms with E-state index in [0.717, 1.165) is 42.8 Å². The Hall–Kier alpha value is -1.59. The van der Waals surface area contributed by atoms with Crippen LogP contribution >= 0.6 is 11.3 Å². The molecule has 1 N–H and O–H groups in total. The van der Waals surface area contributed by atoms with Gasteiger partial charge in [-0.3, -0.25) is 0 Å². The largest absolute Gasteiger partial charge is 0.491 e. The third-order valence-corrected chi connectivity index (χ3v) is 4.27. The SMILES string of the molecule is CCNCc1csc(N2CCOc3ccccc3C2)n1. The third kappa shape index (κ3) is 2.94. The molecule has 2 heterocycles. The molecule has 0 atom stereocenters. The molecule has 0 amide bonds. The molecule has 1 aromatic heterocycles. The minimum atomic E-state index is 0.707. The smallest absolute Gasteiger partial charge is 0.185 e. The van der Waals surface area contributed by atoms with Gasteiger partial charge in [-0.25, -0.2) is 4.98 Å². The van der Waals surface area contributed by atoms with Crippen LogP contribution in [0.25, 0.3) is 0 Å². The zero-order valence-electron chi connectivity index (χ0n) is 11.6. The third-order valence-electron chi connectivity index (χ3n) is 3.32. The Morgan fingerprint density at radius 3 is 3.20 bits per heavy atom. The average molecular weight is 289 g/mol. The second-order valence-electron chi connectivity index (χ2n) is 4.78. The number of rotatable bonds is 4. The summed E-state index contributed by atoms with van der Waals surface area (Å²) >= 11 is 1.71. The molecule has 0 saturated carbocycles. The molecule has 20 heavy (non-hydrogen) atoms. The monoisotopic (exact) mass is 289 g/mol. The first-order valence-electron chi connectivity index (χ1n) is 6.97. The van der Waals surface area contributed by atoms with Crippen molar-refractivity contribution in [3.63, 3.8) is 0 Å². The van der Waals surface area contributed by atoms with Crippen molar-refractivity contribution in [2.24, 2.45) is 0 Å². The van der Waals surface area contributed by atoms with Crippen LogP contribution in [-0.4, -0.2) is 24.7 Å². The molecule has 1 aliphatic heterocycles. The first-order chi connectivity index (χ1) is 9.86. The zero-order valence-corrected chi connectivity index (χ0v) is 12.4. The highest BCUT2D eigenvalue weighted by Crippen LogP contribution is 2.28. The van der Waals surface area contributed by atoms with E-state index in [9.17, 15) is 0 Å². The van der Waals surface area contributed by atoms with Gasteiger partial charge in [-0.1, -0.05) is 25.1 Å². The lowest BCUT2D eigenvalue weighted by Crippen LogP contribution is -2.25. The predicted octanol–water partition coefficient (Wildman–Crippen LogP) is 2.65. The van der Waals surface area contributed by atoms with Crippen LogP contribution in [-0.2, 0) is 13.1 Å². The van der Waals surface area contributed by atoms with Crippen LogP contribution in [0.15, 0.2) is 29.6 Å². The Balaban J connectivity index is 1.75. The van der Waals surface area contributed by atoms with Crippen molar-refractivity contribution < 1.29 is 4.74 Å². The molecule has 1 aromatic carbocycles. The van der Waals surface area contributed by atoms with Crippen LogP contribution in [0.5, 0.6) is 5.75 Å². The molecule has 106 valence electrons. The number of hydrogen-bond acceptors (Lipinski definition) is 5. The summed E-state index contributed by atoms with van der Waals surface area (Å²) in [6.07, 6.45) is 0. The highest BCUT2D eigenvalue weighted by Gasteiger charge is 2.17. The lowest BCUT2D eigenvalue weighted by atomic mass is 10.2. The molecule has 0 radical (unpaired) electrons. The number of fused-ring (bicyclic) bond motifs is 1. The van der Waals surface area contributed by atoms with Crippen LogP contribution in [0.2, 0.25) is 0 Å². The average Bonchev–Trinajstić information content (AvgIpc) is 2.84. The molecule has 0 spiro atoms. The summed E-state index contributed by atoms with van der Waals surface area (Å²) in [6.45, 7) is 6.37. The van der Waals surface area contributed by atoms with Crippen molar-refractivity contribution in [1.29, 1.82) is 0 Å². The maximum atomic E-state index is 5.79. The number of ether oxygens (including phenoxy) is 1. The van der Waals surface area contributed by atoms with Crippen LogP contribution in [0.1, 0.15) is 18.2 Å². The summed E-state index contributed by atoms with van der Waals surface area (Å²) in [7, 11) is 0. The minimum Gasteiger partial charge on any atom is -0.491 e. The molecule has 0 saturated heterocycles. The maximum Gasteiger partial charge on any atom is 0.185 e. The Morgan fingerprint density at radius 1 is 1.40 bits per heavy atom. The quantitative estimate of drug-likeness (QED) is 0.939. The first kappa shape index (κ1) is 13.4. The Morgan fingerprint density at radius 2 is 2.30 bits per heavy atom. The molecule has 0 aliphatic carbocycles. The first-order valence-corrected chi connectivity index (χ1v) is 7.85. The van der Waals surface area contributed by atoms with E-state index in [1.165, 1.54) is 5.56 Å². The summed E-state index contributed by atoms with van der Waals surface area (Å²) in [5.41, 5.74) is 2.35. The number of thiazole rings is 1. The Kier molecular flexibility index (Phi) is 4.18. The van der Waals surface area contributed by atoms with Crippen LogP contribution < -0.4 is 15.0 Å². The number of para-hydroxylation sites is 1. The van der Waals surface area contributed by atoms with Crippen LogP contribution in [0, 0.1) is 0 Å². The van der Waals surface area contributed by atoms with Gasteiger partial charge < -0.3 is 15.0 Å². The Bertz CT molecular complexity index is 570. The predicted molar refractivity (Wildman–Crippen MR) is 82.5 cm³/mol. The van der Waals surface area contributed by atoms with Gasteiger partial charge in [-0.15, -0.1) is 11.3 Å². The molecule has 1 aliphatic rings. The van der Waals surface area contributed by atoms with Gasteiger partial charge >= 0.3 is 0 Å². The topological polar surface area (TPSA) is 37.4 Å². The molecular formula is C15H19N3OS. The summed E-state index contributed by atoms with van der Waals surface area (Å²) < 4.78 is 5.79. The van der Waals surface area contributed by atoms with Crippen molar-refractivity contribution >= 4 is 16.5 Å². The number of anilines is 1. The van der Waals surface area contributed by atoms with E-state index in [0.29, 0.717) is 6.61 Å². The van der Waals surface area contributed by atoms with Crippen LogP contribution in [0.3, 0.4) is 0 Å². The summed E-state index contributed by atoms with van der Waals surface area (Å²) in [6, 6.07) is 8.24. The second kappa shape index (κ2) is 6.24. The highest BCUT2D eigenvalue weighted by molar-refractivity contribution is 7.13. The summed E-state index contributed by atoms with van der Waals surface area (Å²) in [5.74, 6) is 0.999. The minimum absolute atomic E-state index is 0.707. The summed E-state index contributed by atoms with van der Waals surface area (Å²) in [5, 5.41) is 6.53. The van der Waals surface area contributed by atoms with Gasteiger partial charge in [0.2, 0.25) is 0 Å². The van der Waals surface area contributed by atoms with E-state index in [1.807, 2.05) is 12.1 Å². The van der Waals surface area contributed by atoms with Crippen molar-refractivity contribution in [2.75, 3.05) is 24.6 Å². The number of aromatic nitrogens is 1. The number of nitrogens with zero attached hydrogens (tertiary/aromatic N) is 2. The van der Waals surface area contributed by atoms with E-state index in [2.05, 4.69) is 34.7 Å². The molecule has 0 bridgehead atoms. The van der Waals surface area contributed by atoms with E-state index in [1.54, 1.807) is 11.3 Å². The van der Waals surface area contributed by atoms with Crippen molar-refractivity contribution in [3.8, 4) is 5.75 Å². The van der Waals surface area contributed by atoms with Gasteiger partial charge in [0.25, 0.3) is 0 Å². The maximum absolute atomic E-state index is 5.79. The molecule has 3 rings (SSSR count). The van der Waals surface area contributed by atoms with Gasteiger partial charge in [-0.2, -0.15) is 0 Å². The van der Waals surface area contributed by atoms with E-state index < -0.39 is 0 Å². The number of hydrogen-bond donors (Lipinski definition) is 1. The van der Waals surface area contributed by atoms with Gasteiger partial charge in [0.05, 0.1) is 12.2 Å². The fourth-order valence-corrected chi connectivity index (χ4v) is 3.12. The normalized spacial score (nSPS) is 14.6. The molecular weight excluding hydrogens is 270 g/mol. The standard InChI is InChI=1S/C15H19N3OS/c1-2-16-9-13-11-20-15(17-13)18-7-8-19-14-6-4-3-5-12(14)10-18/h3-6,11,16H,2,7-10H2,1H3. The molecule has 2 aromatic rings. The zero-order chi connectivity index (χ0) is 13.8. The van der Waals surface area contributed by atoms with E-state index in [-0.39, 0.29) is 0 Å². The van der Waals surface area contributed by atoms with E-state index >= 15 is 0 Å². The van der Waals surface area contributed by atoms with E-state index in [4.69, 9.17) is 9.72 Å². The van der Waals surface area contributed by atoms with Crippen molar-refractivity contribution in [3.05, 3.63) is 40.9 Å². The van der Waals surface area contributed by atoms with Crippen molar-refractivity contribution in [2.45, 2.75) is 20.0 Å². The lowest BCUT2D eigenvalue weighted by molar-refractivity contribution is 0.331. The van der Waals surface area contributed by atoms with Gasteiger partial charge in [0.15, 0.2) is 5.13 Å². The number of benzene rings is 1. The second-order valence-corrected chi connectivity index (χ2v) is 5.62. The molecule has 0 fully saturated rings. The van der Waals surface area contributed by atoms with Crippen molar-refractivity contribution in [1.82, 2.24) is 10.3 Å². The van der Waals surface area contributed by atoms with Crippen LogP contribution in [0.4, 0.5) is 5.13 Å². The van der Waals surface area contributed by atoms with Gasteiger partial charge in [-0.05, 0) is 12.6 Å². The number of nitrogens with one attached hydrogen (secondary N) is 1. The van der Waals surface area contributed by atoms with Gasteiger partial charge in [0.1, 0.15) is 12.4 Å². The fraction of sp³-hybridized carbons (Fsp3) is 0.400. The fourth-order valence-electron chi connectivity index (χ4n) is 2.26. The highest BCUT2D eigenvalue weighted by atomic mass is 32.1. The lowest BCUT2D eigenvalue weighted by Gasteiger charge is -2.18. The summed E-state index contributed by atoms with van der Waals surface area (Å²) in [4.78, 5) is 7.01. The molecule has 0 unspecified atom stereocenters. The molecule has 5 heteroatoms. The van der Waals surface area contributed by atoms with Gasteiger partial charge in [0, 0.05) is 24.0 Å². The Labute approximate surface area is 123 Å².